The van der Waals surface area contributed by atoms with Gasteiger partial charge in [0, 0.05) is 11.6 Å². The van der Waals surface area contributed by atoms with E-state index in [0.717, 1.165) is 12.8 Å². The number of likely N-dealkylation sites (tertiary alicyclic amines) is 1. The number of aliphatic hydroxyl groups excluding tert-OH is 1. The normalized spacial score (nSPS) is 26.3. The fourth-order valence-electron chi connectivity index (χ4n) is 3.59. The topological polar surface area (TPSA) is 35.5 Å². The lowest BCUT2D eigenvalue weighted by Crippen LogP contribution is -2.49. The first-order valence-electron chi connectivity index (χ1n) is 9.09. The average Bonchev–Trinajstić information content (AvgIpc) is 3.27. The second-order valence-electron chi connectivity index (χ2n) is 8.17. The molecule has 2 rings (SSSR count). The third-order valence-corrected chi connectivity index (χ3v) is 5.63. The van der Waals surface area contributed by atoms with Crippen LogP contribution in [0.1, 0.15) is 72.1 Å². The Bertz CT molecular complexity index is 308. The van der Waals surface area contributed by atoms with E-state index in [0.29, 0.717) is 11.5 Å². The van der Waals surface area contributed by atoms with Crippen molar-refractivity contribution in [1.29, 1.82) is 0 Å². The Balaban J connectivity index is 1.73. The quantitative estimate of drug-likeness (QED) is 0.722. The average molecular weight is 296 g/mol. The third-order valence-electron chi connectivity index (χ3n) is 5.63. The molecule has 124 valence electrons. The molecule has 1 unspecified atom stereocenters. The molecule has 1 aliphatic carbocycles. The maximum Gasteiger partial charge on any atom is 0.0613 e. The lowest BCUT2D eigenvalue weighted by molar-refractivity contribution is 0.136. The first-order valence-corrected chi connectivity index (χ1v) is 9.09. The molecule has 2 fully saturated rings. The highest BCUT2D eigenvalue weighted by Gasteiger charge is 2.34. The van der Waals surface area contributed by atoms with Crippen molar-refractivity contribution in [2.75, 3.05) is 26.2 Å². The van der Waals surface area contributed by atoms with Gasteiger partial charge in [-0.05, 0) is 76.4 Å². The molecule has 3 heteroatoms. The zero-order valence-electron chi connectivity index (χ0n) is 14.5. The van der Waals surface area contributed by atoms with E-state index in [9.17, 15) is 5.11 Å². The summed E-state index contributed by atoms with van der Waals surface area (Å²) in [6.45, 7) is 11.0. The zero-order valence-corrected chi connectivity index (χ0v) is 14.5. The summed E-state index contributed by atoms with van der Waals surface area (Å²) in [5, 5.41) is 13.5. The minimum absolute atomic E-state index is 0.0215. The van der Waals surface area contributed by atoms with Gasteiger partial charge in [0.15, 0.2) is 0 Å². The van der Waals surface area contributed by atoms with Gasteiger partial charge in [-0.1, -0.05) is 20.8 Å². The van der Waals surface area contributed by atoms with Crippen molar-refractivity contribution >= 4 is 0 Å². The second-order valence-corrected chi connectivity index (χ2v) is 8.17. The van der Waals surface area contributed by atoms with E-state index >= 15 is 0 Å². The van der Waals surface area contributed by atoms with Crippen LogP contribution >= 0.6 is 0 Å². The van der Waals surface area contributed by atoms with E-state index in [1.165, 1.54) is 58.2 Å². The molecular formula is C18H36N2O. The molecule has 0 aromatic heterocycles. The van der Waals surface area contributed by atoms with Gasteiger partial charge in [-0.25, -0.2) is 0 Å². The van der Waals surface area contributed by atoms with Gasteiger partial charge in [-0.15, -0.1) is 0 Å². The zero-order chi connectivity index (χ0) is 15.3. The lowest BCUT2D eigenvalue weighted by Gasteiger charge is -2.33. The monoisotopic (exact) mass is 296 g/mol. The van der Waals surface area contributed by atoms with Crippen LogP contribution in [-0.2, 0) is 0 Å². The first kappa shape index (κ1) is 17.2. The SMILES string of the molecule is CCC(CO)(CCCN1CCCC(C)(C)CC1)NC1CC1. The van der Waals surface area contributed by atoms with E-state index in [-0.39, 0.29) is 12.1 Å². The van der Waals surface area contributed by atoms with Crippen molar-refractivity contribution in [2.45, 2.75) is 83.7 Å². The molecule has 0 radical (unpaired) electrons. The summed E-state index contributed by atoms with van der Waals surface area (Å²) in [5.41, 5.74) is 0.507. The van der Waals surface area contributed by atoms with Crippen molar-refractivity contribution in [2.24, 2.45) is 5.41 Å². The van der Waals surface area contributed by atoms with Gasteiger partial charge >= 0.3 is 0 Å². The van der Waals surface area contributed by atoms with Crippen molar-refractivity contribution < 1.29 is 5.11 Å². The predicted molar refractivity (Wildman–Crippen MR) is 89.6 cm³/mol. The fraction of sp³-hybridized carbons (Fsp3) is 1.00. The molecule has 1 saturated carbocycles. The number of nitrogens with zero attached hydrogens (tertiary/aromatic N) is 1. The van der Waals surface area contributed by atoms with Crippen LogP contribution in [0.25, 0.3) is 0 Å². The Labute approximate surface area is 131 Å². The molecular weight excluding hydrogens is 260 g/mol. The van der Waals surface area contributed by atoms with Crippen LogP contribution in [0.3, 0.4) is 0 Å². The molecule has 21 heavy (non-hydrogen) atoms. The van der Waals surface area contributed by atoms with Crippen LogP contribution in [0.4, 0.5) is 0 Å². The van der Waals surface area contributed by atoms with Crippen LogP contribution in [0.5, 0.6) is 0 Å². The highest BCUT2D eigenvalue weighted by Crippen LogP contribution is 2.30. The van der Waals surface area contributed by atoms with E-state index in [4.69, 9.17) is 0 Å². The Morgan fingerprint density at radius 3 is 2.62 bits per heavy atom. The summed E-state index contributed by atoms with van der Waals surface area (Å²) in [7, 11) is 0. The molecule has 0 aromatic rings. The molecule has 0 amide bonds. The van der Waals surface area contributed by atoms with E-state index in [2.05, 4.69) is 31.0 Å². The smallest absolute Gasteiger partial charge is 0.0613 e. The molecule has 0 bridgehead atoms. The van der Waals surface area contributed by atoms with Crippen molar-refractivity contribution in [1.82, 2.24) is 10.2 Å². The van der Waals surface area contributed by atoms with E-state index in [1.807, 2.05) is 0 Å². The minimum Gasteiger partial charge on any atom is -0.394 e. The number of nitrogens with one attached hydrogen (secondary N) is 1. The van der Waals surface area contributed by atoms with Gasteiger partial charge in [0.25, 0.3) is 0 Å². The molecule has 1 saturated heterocycles. The second kappa shape index (κ2) is 7.43. The molecule has 1 heterocycles. The van der Waals surface area contributed by atoms with Crippen molar-refractivity contribution in [3.63, 3.8) is 0 Å². The van der Waals surface area contributed by atoms with Crippen molar-refractivity contribution in [3.05, 3.63) is 0 Å². The Hall–Kier alpha value is -0.120. The molecule has 3 nitrogen and oxygen atoms in total. The van der Waals surface area contributed by atoms with Crippen LogP contribution < -0.4 is 5.32 Å². The Morgan fingerprint density at radius 2 is 2.00 bits per heavy atom. The Kier molecular flexibility index (Phi) is 6.10. The van der Waals surface area contributed by atoms with Gasteiger partial charge in [0.05, 0.1) is 6.61 Å². The highest BCUT2D eigenvalue weighted by molar-refractivity contribution is 4.94. The van der Waals surface area contributed by atoms with Crippen LogP contribution in [-0.4, -0.2) is 47.8 Å². The number of hydrogen-bond acceptors (Lipinski definition) is 3. The van der Waals surface area contributed by atoms with Gasteiger partial charge in [0.1, 0.15) is 0 Å². The number of rotatable bonds is 8. The third kappa shape index (κ3) is 5.54. The molecule has 1 atom stereocenters. The predicted octanol–water partition coefficient (Wildman–Crippen LogP) is 3.17. The van der Waals surface area contributed by atoms with Crippen LogP contribution in [0.15, 0.2) is 0 Å². The van der Waals surface area contributed by atoms with E-state index < -0.39 is 0 Å². The van der Waals surface area contributed by atoms with E-state index in [1.54, 1.807) is 0 Å². The molecule has 2 N–H and O–H groups in total. The largest absolute Gasteiger partial charge is 0.394 e. The fourth-order valence-corrected chi connectivity index (χ4v) is 3.59. The highest BCUT2D eigenvalue weighted by atomic mass is 16.3. The summed E-state index contributed by atoms with van der Waals surface area (Å²) in [5.74, 6) is 0. The van der Waals surface area contributed by atoms with Gasteiger partial charge in [-0.2, -0.15) is 0 Å². The lowest BCUT2D eigenvalue weighted by atomic mass is 9.85. The van der Waals surface area contributed by atoms with Crippen LogP contribution in [0, 0.1) is 5.41 Å². The maximum absolute atomic E-state index is 9.83. The summed E-state index contributed by atoms with van der Waals surface area (Å²) < 4.78 is 0. The number of aliphatic hydroxyl groups is 1. The van der Waals surface area contributed by atoms with Gasteiger partial charge in [-0.3, -0.25) is 0 Å². The summed E-state index contributed by atoms with van der Waals surface area (Å²) in [6, 6.07) is 0.677. The summed E-state index contributed by atoms with van der Waals surface area (Å²) in [4.78, 5) is 2.64. The minimum atomic E-state index is -0.0215. The van der Waals surface area contributed by atoms with Gasteiger partial charge in [0.2, 0.25) is 0 Å². The summed E-state index contributed by atoms with van der Waals surface area (Å²) >= 11 is 0. The Morgan fingerprint density at radius 1 is 1.24 bits per heavy atom. The van der Waals surface area contributed by atoms with Crippen LogP contribution in [0.2, 0.25) is 0 Å². The van der Waals surface area contributed by atoms with Gasteiger partial charge < -0.3 is 15.3 Å². The molecule has 0 spiro atoms. The number of hydrogen-bond donors (Lipinski definition) is 2. The molecule has 2 aliphatic rings. The molecule has 1 aliphatic heterocycles. The standard InChI is InChI=1S/C18H36N2O/c1-4-18(15-21,19-16-7-8-16)10-6-13-20-12-5-9-17(2,3)11-14-20/h16,19,21H,4-15H2,1-3H3. The maximum atomic E-state index is 9.83. The summed E-state index contributed by atoms with van der Waals surface area (Å²) in [6.07, 6.45) is 9.96. The first-order chi connectivity index (χ1) is 9.99. The van der Waals surface area contributed by atoms with Crippen molar-refractivity contribution in [3.8, 4) is 0 Å². The molecule has 0 aromatic carbocycles.